The van der Waals surface area contributed by atoms with Crippen molar-refractivity contribution in [3.63, 3.8) is 0 Å². The van der Waals surface area contributed by atoms with E-state index in [9.17, 15) is 0 Å². The second-order valence-corrected chi connectivity index (χ2v) is 4.87. The van der Waals surface area contributed by atoms with E-state index >= 15 is 0 Å². The van der Waals surface area contributed by atoms with Gasteiger partial charge in [0.2, 0.25) is 0 Å². The first-order valence-corrected chi connectivity index (χ1v) is 6.02. The molecule has 0 fully saturated rings. The average molecular weight is 221 g/mol. The van der Waals surface area contributed by atoms with Crippen molar-refractivity contribution >= 4 is 11.8 Å². The van der Waals surface area contributed by atoms with Gasteiger partial charge >= 0.3 is 0 Å². The topological polar surface area (TPSA) is 44.0 Å². The third-order valence-corrected chi connectivity index (χ3v) is 3.46. The van der Waals surface area contributed by atoms with Crippen molar-refractivity contribution in [2.24, 2.45) is 0 Å². The van der Waals surface area contributed by atoms with Crippen LogP contribution < -0.4 is 0 Å². The van der Waals surface area contributed by atoms with Crippen molar-refractivity contribution in [1.29, 1.82) is 5.26 Å². The predicted octanol–water partition coefficient (Wildman–Crippen LogP) is 2.56. The summed E-state index contributed by atoms with van der Waals surface area (Å²) in [7, 11) is 0. The Kier molecular flexibility index (Phi) is 5.23. The van der Waals surface area contributed by atoms with Crippen LogP contribution in [0.4, 0.5) is 0 Å². The summed E-state index contributed by atoms with van der Waals surface area (Å²) < 4.78 is 0. The molecule has 80 valence electrons. The molecular weight excluding hydrogens is 206 g/mol. The minimum atomic E-state index is 0.252. The van der Waals surface area contributed by atoms with Crippen LogP contribution in [-0.4, -0.2) is 17.0 Å². The lowest BCUT2D eigenvalue weighted by Gasteiger charge is -2.08. The molecule has 0 aliphatic rings. The van der Waals surface area contributed by atoms with Crippen molar-refractivity contribution in [3.05, 3.63) is 35.4 Å². The summed E-state index contributed by atoms with van der Waals surface area (Å²) in [6.07, 6.45) is 0.834. The summed E-state index contributed by atoms with van der Waals surface area (Å²) in [6, 6.07) is 9.75. The lowest BCUT2D eigenvalue weighted by Crippen LogP contribution is -1.99. The molecule has 1 aromatic carbocycles. The Bertz CT molecular complexity index is 328. The van der Waals surface area contributed by atoms with Gasteiger partial charge in [0.25, 0.3) is 0 Å². The maximum atomic E-state index is 8.75. The van der Waals surface area contributed by atoms with Crippen LogP contribution in [0.5, 0.6) is 0 Å². The van der Waals surface area contributed by atoms with E-state index in [2.05, 4.69) is 13.0 Å². The highest BCUT2D eigenvalue weighted by atomic mass is 32.2. The molecule has 0 amide bonds. The van der Waals surface area contributed by atoms with Crippen molar-refractivity contribution in [3.8, 4) is 6.07 Å². The van der Waals surface area contributed by atoms with Gasteiger partial charge in [0.15, 0.2) is 0 Å². The van der Waals surface area contributed by atoms with Gasteiger partial charge in [-0.1, -0.05) is 19.1 Å². The standard InChI is InChI=1S/C12H15NOS/c1-10(6-7-14)15-9-12-4-2-11(8-13)3-5-12/h2-5,10,14H,6-7,9H2,1H3. The highest BCUT2D eigenvalue weighted by molar-refractivity contribution is 7.99. The fourth-order valence-electron chi connectivity index (χ4n) is 1.18. The van der Waals surface area contributed by atoms with Crippen LogP contribution in [0.1, 0.15) is 24.5 Å². The van der Waals surface area contributed by atoms with E-state index < -0.39 is 0 Å². The summed E-state index contributed by atoms with van der Waals surface area (Å²) in [5, 5.41) is 17.9. The van der Waals surface area contributed by atoms with Crippen molar-refractivity contribution < 1.29 is 5.11 Å². The monoisotopic (exact) mass is 221 g/mol. The number of hydrogen-bond donors (Lipinski definition) is 1. The van der Waals surface area contributed by atoms with Gasteiger partial charge in [0, 0.05) is 17.6 Å². The molecule has 0 aliphatic carbocycles. The van der Waals surface area contributed by atoms with Gasteiger partial charge in [-0.3, -0.25) is 0 Å². The average Bonchev–Trinajstić information content (AvgIpc) is 2.27. The third kappa shape index (κ3) is 4.37. The SMILES string of the molecule is CC(CCO)SCc1ccc(C#N)cc1. The van der Waals surface area contributed by atoms with Gasteiger partial charge in [0.05, 0.1) is 11.6 Å². The molecule has 0 bridgehead atoms. The van der Waals surface area contributed by atoms with Crippen molar-refractivity contribution in [2.75, 3.05) is 6.61 Å². The quantitative estimate of drug-likeness (QED) is 0.831. The summed E-state index contributed by atoms with van der Waals surface area (Å²) in [5.74, 6) is 0.937. The Hall–Kier alpha value is -0.980. The molecule has 1 rings (SSSR count). The van der Waals surface area contributed by atoms with E-state index in [-0.39, 0.29) is 6.61 Å². The molecule has 0 heterocycles. The second kappa shape index (κ2) is 6.49. The van der Waals surface area contributed by atoms with Crippen LogP contribution in [0.25, 0.3) is 0 Å². The molecule has 0 aromatic heterocycles. The maximum Gasteiger partial charge on any atom is 0.0991 e. The summed E-state index contributed by atoms with van der Waals surface area (Å²) in [4.78, 5) is 0. The van der Waals surface area contributed by atoms with Crippen molar-refractivity contribution in [1.82, 2.24) is 0 Å². The van der Waals surface area contributed by atoms with E-state index in [1.807, 2.05) is 36.0 Å². The Balaban J connectivity index is 2.41. The molecule has 15 heavy (non-hydrogen) atoms. The summed E-state index contributed by atoms with van der Waals surface area (Å²) >= 11 is 1.82. The van der Waals surface area contributed by atoms with Crippen LogP contribution in [0.2, 0.25) is 0 Å². The molecule has 0 aliphatic heterocycles. The summed E-state index contributed by atoms with van der Waals surface area (Å²) in [5.41, 5.74) is 1.93. The second-order valence-electron chi connectivity index (χ2n) is 3.44. The molecule has 1 N–H and O–H groups in total. The summed E-state index contributed by atoms with van der Waals surface area (Å²) in [6.45, 7) is 2.37. The molecular formula is C12H15NOS. The molecule has 2 nitrogen and oxygen atoms in total. The predicted molar refractivity (Wildman–Crippen MR) is 63.6 cm³/mol. The lowest BCUT2D eigenvalue weighted by molar-refractivity contribution is 0.289. The van der Waals surface area contributed by atoms with Gasteiger partial charge in [-0.25, -0.2) is 0 Å². The number of aliphatic hydroxyl groups is 1. The van der Waals surface area contributed by atoms with Crippen LogP contribution in [0.15, 0.2) is 24.3 Å². The molecule has 0 saturated carbocycles. The number of thioether (sulfide) groups is 1. The molecule has 0 radical (unpaired) electrons. The van der Waals surface area contributed by atoms with Crippen LogP contribution in [0.3, 0.4) is 0 Å². The zero-order valence-corrected chi connectivity index (χ0v) is 9.63. The molecule has 3 heteroatoms. The van der Waals surface area contributed by atoms with E-state index in [0.717, 1.165) is 12.2 Å². The van der Waals surface area contributed by atoms with E-state index in [1.165, 1.54) is 5.56 Å². The van der Waals surface area contributed by atoms with Crippen LogP contribution in [-0.2, 0) is 5.75 Å². The molecule has 0 saturated heterocycles. The Morgan fingerprint density at radius 2 is 2.07 bits per heavy atom. The van der Waals surface area contributed by atoms with Crippen LogP contribution in [0, 0.1) is 11.3 Å². The Labute approximate surface area is 94.9 Å². The molecule has 1 unspecified atom stereocenters. The van der Waals surface area contributed by atoms with Gasteiger partial charge in [-0.15, -0.1) is 0 Å². The number of hydrogen-bond acceptors (Lipinski definition) is 3. The highest BCUT2D eigenvalue weighted by Gasteiger charge is 2.02. The van der Waals surface area contributed by atoms with Gasteiger partial charge in [-0.2, -0.15) is 17.0 Å². The molecule has 1 aromatic rings. The highest BCUT2D eigenvalue weighted by Crippen LogP contribution is 2.19. The molecule has 0 spiro atoms. The first-order chi connectivity index (χ1) is 7.26. The number of benzene rings is 1. The van der Waals surface area contributed by atoms with E-state index in [0.29, 0.717) is 10.8 Å². The maximum absolute atomic E-state index is 8.75. The smallest absolute Gasteiger partial charge is 0.0991 e. The Morgan fingerprint density at radius 3 is 2.60 bits per heavy atom. The normalized spacial score (nSPS) is 12.1. The fraction of sp³-hybridized carbons (Fsp3) is 0.417. The lowest BCUT2D eigenvalue weighted by atomic mass is 10.2. The largest absolute Gasteiger partial charge is 0.396 e. The van der Waals surface area contributed by atoms with E-state index in [1.54, 1.807) is 0 Å². The minimum Gasteiger partial charge on any atom is -0.396 e. The number of rotatable bonds is 5. The fourth-order valence-corrected chi connectivity index (χ4v) is 2.12. The third-order valence-electron chi connectivity index (χ3n) is 2.15. The number of nitriles is 1. The first kappa shape index (κ1) is 12.1. The Morgan fingerprint density at radius 1 is 1.40 bits per heavy atom. The van der Waals surface area contributed by atoms with Gasteiger partial charge in [-0.05, 0) is 24.1 Å². The zero-order chi connectivity index (χ0) is 11.1. The van der Waals surface area contributed by atoms with Crippen LogP contribution >= 0.6 is 11.8 Å². The number of aliphatic hydroxyl groups excluding tert-OH is 1. The zero-order valence-electron chi connectivity index (χ0n) is 8.81. The van der Waals surface area contributed by atoms with E-state index in [4.69, 9.17) is 10.4 Å². The first-order valence-electron chi connectivity index (χ1n) is 4.97. The van der Waals surface area contributed by atoms with Crippen molar-refractivity contribution in [2.45, 2.75) is 24.3 Å². The number of nitrogens with zero attached hydrogens (tertiary/aromatic N) is 1. The van der Waals surface area contributed by atoms with Gasteiger partial charge < -0.3 is 5.11 Å². The molecule has 1 atom stereocenters. The van der Waals surface area contributed by atoms with Gasteiger partial charge in [0.1, 0.15) is 0 Å². The minimum absolute atomic E-state index is 0.252.